The number of carbonyl (C=O) groups is 1. The van der Waals surface area contributed by atoms with Crippen molar-refractivity contribution >= 4 is 5.97 Å². The molecule has 1 aliphatic carbocycles. The van der Waals surface area contributed by atoms with E-state index in [0.717, 1.165) is 27.8 Å². The third kappa shape index (κ3) is 3.33. The molecular formula is C29H28O7. The molecule has 0 saturated carbocycles. The lowest BCUT2D eigenvalue weighted by Crippen LogP contribution is -2.44. The Morgan fingerprint density at radius 2 is 1.56 bits per heavy atom. The largest absolute Gasteiger partial charge is 0.454 e. The highest BCUT2D eigenvalue weighted by molar-refractivity contribution is 5.90. The Balaban J connectivity index is 1.62. The minimum absolute atomic E-state index is 0.104. The highest BCUT2D eigenvalue weighted by Crippen LogP contribution is 2.54. The zero-order valence-electron chi connectivity index (χ0n) is 20.7. The fourth-order valence-corrected chi connectivity index (χ4v) is 5.60. The molecule has 3 aromatic carbocycles. The number of hydrogen-bond acceptors (Lipinski definition) is 7. The van der Waals surface area contributed by atoms with Crippen molar-refractivity contribution in [2.75, 3.05) is 13.6 Å². The number of aliphatic hydroxyl groups is 1. The van der Waals surface area contributed by atoms with Crippen molar-refractivity contribution < 1.29 is 33.6 Å². The molecule has 3 aliphatic rings. The minimum atomic E-state index is -1.39. The van der Waals surface area contributed by atoms with Crippen molar-refractivity contribution in [3.05, 3.63) is 70.3 Å². The van der Waals surface area contributed by atoms with Gasteiger partial charge in [-0.1, -0.05) is 25.1 Å². The first kappa shape index (κ1) is 22.7. The molecule has 186 valence electrons. The van der Waals surface area contributed by atoms with Gasteiger partial charge < -0.3 is 28.8 Å². The second-order valence-electron chi connectivity index (χ2n) is 9.95. The van der Waals surface area contributed by atoms with Crippen LogP contribution in [0.25, 0.3) is 11.1 Å². The average Bonchev–Trinajstić information content (AvgIpc) is 3.53. The van der Waals surface area contributed by atoms with Crippen LogP contribution in [-0.4, -0.2) is 30.3 Å². The van der Waals surface area contributed by atoms with E-state index in [-0.39, 0.29) is 19.5 Å². The molecule has 1 N–H and O–H groups in total. The summed E-state index contributed by atoms with van der Waals surface area (Å²) in [6.07, 6.45) is -0.409. The number of rotatable bonds is 2. The van der Waals surface area contributed by atoms with E-state index in [0.29, 0.717) is 40.5 Å². The van der Waals surface area contributed by atoms with Crippen molar-refractivity contribution in [2.24, 2.45) is 5.92 Å². The van der Waals surface area contributed by atoms with Crippen molar-refractivity contribution in [1.82, 2.24) is 0 Å². The lowest BCUT2D eigenvalue weighted by atomic mass is 9.72. The normalized spacial score (nSPS) is 23.4. The Kier molecular flexibility index (Phi) is 5.16. The first-order valence-corrected chi connectivity index (χ1v) is 12.1. The number of benzene rings is 3. The standard InChI is InChI=1S/C29H28O7/c1-15-10-19-11-21-25(34-13-32-21)16(2)23(19)24-17(3)26-22(33-14-35-26)12-20(24)27(29(15,4)31)36-28(30)18-8-6-5-7-9-18/h5-9,11-12,15,27,31H,10,13-14H2,1-4H3/t15-,27-,29-/m0/s1. The quantitative estimate of drug-likeness (QED) is 0.492. The van der Waals surface area contributed by atoms with E-state index < -0.39 is 17.7 Å². The van der Waals surface area contributed by atoms with E-state index in [1.165, 1.54) is 0 Å². The predicted octanol–water partition coefficient (Wildman–Crippen LogP) is 5.27. The molecule has 0 aromatic heterocycles. The van der Waals surface area contributed by atoms with Crippen molar-refractivity contribution in [2.45, 2.75) is 45.8 Å². The molecule has 0 saturated heterocycles. The molecule has 7 nitrogen and oxygen atoms in total. The van der Waals surface area contributed by atoms with Crippen LogP contribution in [0.3, 0.4) is 0 Å². The third-order valence-electron chi connectivity index (χ3n) is 7.74. The maximum absolute atomic E-state index is 13.3. The predicted molar refractivity (Wildman–Crippen MR) is 132 cm³/mol. The Bertz CT molecular complexity index is 1380. The smallest absolute Gasteiger partial charge is 0.338 e. The van der Waals surface area contributed by atoms with Gasteiger partial charge in [0.25, 0.3) is 0 Å². The summed E-state index contributed by atoms with van der Waals surface area (Å²) in [6, 6.07) is 12.7. The Hall–Kier alpha value is -3.71. The fraction of sp³-hybridized carbons (Fsp3) is 0.345. The highest BCUT2D eigenvalue weighted by Gasteiger charge is 2.46. The van der Waals surface area contributed by atoms with Gasteiger partial charge in [-0.2, -0.15) is 0 Å². The number of esters is 1. The van der Waals surface area contributed by atoms with E-state index in [2.05, 4.69) is 0 Å². The molecule has 0 bridgehead atoms. The maximum Gasteiger partial charge on any atom is 0.338 e. The van der Waals surface area contributed by atoms with Crippen LogP contribution < -0.4 is 18.9 Å². The molecule has 2 heterocycles. The lowest BCUT2D eigenvalue weighted by Gasteiger charge is -2.41. The number of carbonyl (C=O) groups excluding carboxylic acids is 1. The van der Waals surface area contributed by atoms with Crippen LogP contribution in [0.15, 0.2) is 42.5 Å². The second-order valence-corrected chi connectivity index (χ2v) is 9.95. The van der Waals surface area contributed by atoms with Gasteiger partial charge in [-0.3, -0.25) is 0 Å². The fourth-order valence-electron chi connectivity index (χ4n) is 5.60. The summed E-state index contributed by atoms with van der Waals surface area (Å²) in [4.78, 5) is 13.3. The number of hydrogen-bond donors (Lipinski definition) is 1. The molecular weight excluding hydrogens is 460 g/mol. The third-order valence-corrected chi connectivity index (χ3v) is 7.74. The van der Waals surface area contributed by atoms with Crippen LogP contribution in [0, 0.1) is 19.8 Å². The van der Waals surface area contributed by atoms with Crippen LogP contribution in [0.5, 0.6) is 23.0 Å². The van der Waals surface area contributed by atoms with Crippen LogP contribution in [0.2, 0.25) is 0 Å². The summed E-state index contributed by atoms with van der Waals surface area (Å²) < 4.78 is 29.3. The van der Waals surface area contributed by atoms with Gasteiger partial charge in [-0.05, 0) is 74.1 Å². The van der Waals surface area contributed by atoms with Crippen molar-refractivity contribution in [3.63, 3.8) is 0 Å². The summed E-state index contributed by atoms with van der Waals surface area (Å²) in [5, 5.41) is 12.0. The monoisotopic (exact) mass is 488 g/mol. The Morgan fingerprint density at radius 3 is 2.22 bits per heavy atom. The molecule has 7 heteroatoms. The average molecular weight is 489 g/mol. The molecule has 3 atom stereocenters. The molecule has 0 unspecified atom stereocenters. The molecule has 0 fully saturated rings. The molecule has 6 rings (SSSR count). The molecule has 2 aliphatic heterocycles. The zero-order chi connectivity index (χ0) is 25.2. The van der Waals surface area contributed by atoms with E-state index in [1.54, 1.807) is 31.2 Å². The first-order valence-electron chi connectivity index (χ1n) is 12.1. The molecule has 36 heavy (non-hydrogen) atoms. The second kappa shape index (κ2) is 8.17. The van der Waals surface area contributed by atoms with Gasteiger partial charge >= 0.3 is 5.97 Å². The molecule has 0 spiro atoms. The summed E-state index contributed by atoms with van der Waals surface area (Å²) in [5.74, 6) is 1.86. The van der Waals surface area contributed by atoms with Gasteiger partial charge in [-0.25, -0.2) is 4.79 Å². The van der Waals surface area contributed by atoms with Gasteiger partial charge in [0.05, 0.1) is 5.56 Å². The van der Waals surface area contributed by atoms with E-state index in [9.17, 15) is 9.90 Å². The summed E-state index contributed by atoms with van der Waals surface area (Å²) in [7, 11) is 0. The van der Waals surface area contributed by atoms with Crippen molar-refractivity contribution in [3.8, 4) is 34.1 Å². The van der Waals surface area contributed by atoms with Crippen LogP contribution in [0.4, 0.5) is 0 Å². The van der Waals surface area contributed by atoms with Crippen molar-refractivity contribution in [1.29, 1.82) is 0 Å². The van der Waals surface area contributed by atoms with Crippen LogP contribution in [0.1, 0.15) is 52.6 Å². The highest BCUT2D eigenvalue weighted by atomic mass is 16.7. The zero-order valence-corrected chi connectivity index (χ0v) is 20.7. The maximum atomic E-state index is 13.3. The topological polar surface area (TPSA) is 83.5 Å². The minimum Gasteiger partial charge on any atom is -0.454 e. The van der Waals surface area contributed by atoms with E-state index in [1.807, 2.05) is 39.0 Å². The van der Waals surface area contributed by atoms with Crippen LogP contribution >= 0.6 is 0 Å². The van der Waals surface area contributed by atoms with E-state index in [4.69, 9.17) is 23.7 Å². The van der Waals surface area contributed by atoms with Gasteiger partial charge in [0.2, 0.25) is 13.6 Å². The Morgan fingerprint density at radius 1 is 0.944 bits per heavy atom. The summed E-state index contributed by atoms with van der Waals surface area (Å²) in [5.41, 5.74) is 4.35. The van der Waals surface area contributed by atoms with Gasteiger partial charge in [0, 0.05) is 16.7 Å². The molecule has 3 aromatic rings. The van der Waals surface area contributed by atoms with Gasteiger partial charge in [0.15, 0.2) is 29.1 Å². The Labute approximate surface area is 209 Å². The number of fused-ring (bicyclic) bond motifs is 5. The molecule has 0 amide bonds. The summed E-state index contributed by atoms with van der Waals surface area (Å²) >= 11 is 0. The van der Waals surface area contributed by atoms with E-state index >= 15 is 0 Å². The van der Waals surface area contributed by atoms with Gasteiger partial charge in [0.1, 0.15) is 5.60 Å². The lowest BCUT2D eigenvalue weighted by molar-refractivity contribution is -0.107. The summed E-state index contributed by atoms with van der Waals surface area (Å²) in [6.45, 7) is 7.95. The number of ether oxygens (including phenoxy) is 5. The van der Waals surface area contributed by atoms with Crippen LogP contribution in [-0.2, 0) is 11.2 Å². The molecule has 0 radical (unpaired) electrons. The van der Waals surface area contributed by atoms with Gasteiger partial charge in [-0.15, -0.1) is 0 Å². The first-order chi connectivity index (χ1) is 17.3. The SMILES string of the molecule is Cc1c2c(cc3c1-c1c(cc4c(c1C)OCO4)[C@H](OC(=O)c1ccccc1)[C@@](C)(O)[C@@H](C)C3)OCO2.